The van der Waals surface area contributed by atoms with Gasteiger partial charge in [0.2, 0.25) is 5.91 Å². The molecule has 1 heterocycles. The first-order valence-corrected chi connectivity index (χ1v) is 5.53. The Hall–Kier alpha value is -1.42. The second-order valence-electron chi connectivity index (χ2n) is 3.94. The Balaban J connectivity index is 2.46. The number of hydrogen-bond donors (Lipinski definition) is 1. The Kier molecular flexibility index (Phi) is 4.92. The molecule has 16 heavy (non-hydrogen) atoms. The fourth-order valence-corrected chi connectivity index (χ4v) is 1.35. The van der Waals surface area contributed by atoms with Crippen LogP contribution in [0.3, 0.4) is 0 Å². The molecule has 4 nitrogen and oxygen atoms in total. The van der Waals surface area contributed by atoms with Crippen LogP contribution < -0.4 is 5.73 Å². The summed E-state index contributed by atoms with van der Waals surface area (Å²) in [5, 5.41) is 0. The molecule has 4 heteroatoms. The standard InChI is InChI=1S/C12H19N3O/c1-3-10(13)8-12(16)15(2)9-11-6-4-5-7-14-11/h4-7,10H,3,8-9,13H2,1-2H3. The maximum absolute atomic E-state index is 11.7. The first kappa shape index (κ1) is 12.6. The fourth-order valence-electron chi connectivity index (χ4n) is 1.35. The van der Waals surface area contributed by atoms with Gasteiger partial charge in [-0.25, -0.2) is 0 Å². The van der Waals surface area contributed by atoms with E-state index in [-0.39, 0.29) is 11.9 Å². The molecule has 0 radical (unpaired) electrons. The molecule has 0 aliphatic carbocycles. The van der Waals surface area contributed by atoms with Crippen molar-refractivity contribution >= 4 is 5.91 Å². The minimum absolute atomic E-state index is 0.0429. The van der Waals surface area contributed by atoms with E-state index in [4.69, 9.17) is 5.73 Å². The molecular weight excluding hydrogens is 202 g/mol. The number of nitrogens with two attached hydrogens (primary N) is 1. The van der Waals surface area contributed by atoms with Gasteiger partial charge in [-0.05, 0) is 18.6 Å². The SMILES string of the molecule is CCC(N)CC(=O)N(C)Cc1ccccn1. The molecule has 0 aliphatic heterocycles. The maximum Gasteiger partial charge on any atom is 0.224 e. The third-order valence-electron chi connectivity index (χ3n) is 2.51. The second-order valence-corrected chi connectivity index (χ2v) is 3.94. The van der Waals surface area contributed by atoms with E-state index < -0.39 is 0 Å². The lowest BCUT2D eigenvalue weighted by molar-refractivity contribution is -0.130. The molecule has 1 aromatic heterocycles. The molecule has 0 spiro atoms. The summed E-state index contributed by atoms with van der Waals surface area (Å²) in [6.07, 6.45) is 2.95. The van der Waals surface area contributed by atoms with Gasteiger partial charge in [0.25, 0.3) is 0 Å². The largest absolute Gasteiger partial charge is 0.340 e. The minimum Gasteiger partial charge on any atom is -0.340 e. The van der Waals surface area contributed by atoms with Crippen molar-refractivity contribution in [2.24, 2.45) is 5.73 Å². The summed E-state index contributed by atoms with van der Waals surface area (Å²) >= 11 is 0. The first-order chi connectivity index (χ1) is 7.63. The zero-order chi connectivity index (χ0) is 12.0. The van der Waals surface area contributed by atoms with Crippen LogP contribution in [0.15, 0.2) is 24.4 Å². The first-order valence-electron chi connectivity index (χ1n) is 5.53. The van der Waals surface area contributed by atoms with E-state index in [0.29, 0.717) is 13.0 Å². The number of carbonyl (C=O) groups excluding carboxylic acids is 1. The van der Waals surface area contributed by atoms with Crippen molar-refractivity contribution in [1.29, 1.82) is 0 Å². The summed E-state index contributed by atoms with van der Waals surface area (Å²) in [5.41, 5.74) is 6.63. The molecule has 1 aromatic rings. The van der Waals surface area contributed by atoms with Crippen LogP contribution in [0.5, 0.6) is 0 Å². The van der Waals surface area contributed by atoms with Crippen LogP contribution in [-0.2, 0) is 11.3 Å². The van der Waals surface area contributed by atoms with Crippen LogP contribution in [0.1, 0.15) is 25.5 Å². The van der Waals surface area contributed by atoms with Gasteiger partial charge in [0.1, 0.15) is 0 Å². The number of hydrogen-bond acceptors (Lipinski definition) is 3. The molecule has 88 valence electrons. The molecule has 0 saturated heterocycles. The Labute approximate surface area is 96.5 Å². The number of rotatable bonds is 5. The molecule has 0 bridgehead atoms. The topological polar surface area (TPSA) is 59.2 Å². The van der Waals surface area contributed by atoms with Crippen LogP contribution in [0.2, 0.25) is 0 Å². The maximum atomic E-state index is 11.7. The summed E-state index contributed by atoms with van der Waals surface area (Å²) in [6.45, 7) is 2.52. The van der Waals surface area contributed by atoms with Crippen molar-refractivity contribution in [2.75, 3.05) is 7.05 Å². The summed E-state index contributed by atoms with van der Waals surface area (Å²) in [5.74, 6) is 0.0694. The molecule has 1 unspecified atom stereocenters. The summed E-state index contributed by atoms with van der Waals surface area (Å²) in [6, 6.07) is 5.64. The van der Waals surface area contributed by atoms with Crippen LogP contribution >= 0.6 is 0 Å². The summed E-state index contributed by atoms with van der Waals surface area (Å²) < 4.78 is 0. The average molecular weight is 221 g/mol. The van der Waals surface area contributed by atoms with Gasteiger partial charge in [-0.3, -0.25) is 9.78 Å². The normalized spacial score (nSPS) is 12.2. The smallest absolute Gasteiger partial charge is 0.224 e. The molecule has 2 N–H and O–H groups in total. The lowest BCUT2D eigenvalue weighted by Gasteiger charge is -2.18. The molecule has 1 atom stereocenters. The van der Waals surface area contributed by atoms with E-state index in [9.17, 15) is 4.79 Å². The van der Waals surface area contributed by atoms with Gasteiger partial charge in [0, 0.05) is 25.7 Å². The van der Waals surface area contributed by atoms with Crippen molar-refractivity contribution in [3.05, 3.63) is 30.1 Å². The number of aromatic nitrogens is 1. The van der Waals surface area contributed by atoms with Crippen molar-refractivity contribution in [3.63, 3.8) is 0 Å². The van der Waals surface area contributed by atoms with E-state index in [1.165, 1.54) is 0 Å². The highest BCUT2D eigenvalue weighted by molar-refractivity contribution is 5.76. The Morgan fingerprint density at radius 3 is 2.88 bits per heavy atom. The lowest BCUT2D eigenvalue weighted by Crippen LogP contribution is -2.32. The highest BCUT2D eigenvalue weighted by Crippen LogP contribution is 2.03. The number of amides is 1. The molecule has 1 rings (SSSR count). The predicted molar refractivity (Wildman–Crippen MR) is 63.6 cm³/mol. The van der Waals surface area contributed by atoms with Crippen LogP contribution in [0.25, 0.3) is 0 Å². The molecule has 0 aromatic carbocycles. The third-order valence-corrected chi connectivity index (χ3v) is 2.51. The number of pyridine rings is 1. The Morgan fingerprint density at radius 2 is 2.31 bits per heavy atom. The molecule has 0 fully saturated rings. The zero-order valence-corrected chi connectivity index (χ0v) is 9.89. The van der Waals surface area contributed by atoms with E-state index in [1.807, 2.05) is 25.1 Å². The third kappa shape index (κ3) is 3.98. The minimum atomic E-state index is -0.0429. The van der Waals surface area contributed by atoms with Crippen molar-refractivity contribution in [2.45, 2.75) is 32.4 Å². The quantitative estimate of drug-likeness (QED) is 0.812. The molecular formula is C12H19N3O. The molecule has 1 amide bonds. The summed E-state index contributed by atoms with van der Waals surface area (Å²) in [4.78, 5) is 17.6. The Morgan fingerprint density at radius 1 is 1.56 bits per heavy atom. The van der Waals surface area contributed by atoms with Crippen molar-refractivity contribution in [3.8, 4) is 0 Å². The van der Waals surface area contributed by atoms with Gasteiger partial charge < -0.3 is 10.6 Å². The fraction of sp³-hybridized carbons (Fsp3) is 0.500. The lowest BCUT2D eigenvalue weighted by atomic mass is 10.1. The van der Waals surface area contributed by atoms with E-state index in [1.54, 1.807) is 18.1 Å². The van der Waals surface area contributed by atoms with Crippen molar-refractivity contribution in [1.82, 2.24) is 9.88 Å². The van der Waals surface area contributed by atoms with Crippen LogP contribution in [0.4, 0.5) is 0 Å². The molecule has 0 aliphatic rings. The van der Waals surface area contributed by atoms with E-state index in [2.05, 4.69) is 4.98 Å². The highest BCUT2D eigenvalue weighted by atomic mass is 16.2. The highest BCUT2D eigenvalue weighted by Gasteiger charge is 2.12. The predicted octanol–water partition coefficient (Wildman–Crippen LogP) is 1.17. The van der Waals surface area contributed by atoms with Gasteiger partial charge in [0.15, 0.2) is 0 Å². The van der Waals surface area contributed by atoms with Gasteiger partial charge in [-0.1, -0.05) is 13.0 Å². The average Bonchev–Trinajstić information content (AvgIpc) is 2.30. The van der Waals surface area contributed by atoms with Gasteiger partial charge in [0.05, 0.1) is 12.2 Å². The van der Waals surface area contributed by atoms with Crippen LogP contribution in [0, 0.1) is 0 Å². The zero-order valence-electron chi connectivity index (χ0n) is 9.89. The second kappa shape index (κ2) is 6.23. The molecule has 0 saturated carbocycles. The summed E-state index contributed by atoms with van der Waals surface area (Å²) in [7, 11) is 1.78. The van der Waals surface area contributed by atoms with E-state index >= 15 is 0 Å². The monoisotopic (exact) mass is 221 g/mol. The number of carbonyl (C=O) groups is 1. The van der Waals surface area contributed by atoms with Gasteiger partial charge in [-0.2, -0.15) is 0 Å². The van der Waals surface area contributed by atoms with E-state index in [0.717, 1.165) is 12.1 Å². The number of nitrogens with zero attached hydrogens (tertiary/aromatic N) is 2. The van der Waals surface area contributed by atoms with Gasteiger partial charge in [-0.15, -0.1) is 0 Å². The van der Waals surface area contributed by atoms with Crippen LogP contribution in [-0.4, -0.2) is 28.9 Å². The van der Waals surface area contributed by atoms with Gasteiger partial charge >= 0.3 is 0 Å². The van der Waals surface area contributed by atoms with Crippen molar-refractivity contribution < 1.29 is 4.79 Å². The Bertz CT molecular complexity index is 326.